The second kappa shape index (κ2) is 20.4. The Hall–Kier alpha value is -8.04. The van der Waals surface area contributed by atoms with Crippen molar-refractivity contribution in [1.29, 1.82) is 0 Å². The van der Waals surface area contributed by atoms with Crippen LogP contribution in [0, 0.1) is 6.92 Å². The zero-order chi connectivity index (χ0) is 45.9. The molecule has 65 heavy (non-hydrogen) atoms. The van der Waals surface area contributed by atoms with E-state index in [2.05, 4.69) is 16.9 Å². The van der Waals surface area contributed by atoms with Crippen LogP contribution in [0.3, 0.4) is 0 Å². The van der Waals surface area contributed by atoms with Crippen LogP contribution in [0.25, 0.3) is 22.3 Å². The van der Waals surface area contributed by atoms with E-state index in [1.54, 1.807) is 55.6 Å². The lowest BCUT2D eigenvalue weighted by molar-refractivity contribution is -0.122. The smallest absolute Gasteiger partial charge is 0.338 e. The van der Waals surface area contributed by atoms with Gasteiger partial charge in [0.2, 0.25) is 6.23 Å². The minimum absolute atomic E-state index is 0.00161. The quantitative estimate of drug-likeness (QED) is 0.0507. The summed E-state index contributed by atoms with van der Waals surface area (Å²) in [6.07, 6.45) is 7.76. The van der Waals surface area contributed by atoms with Gasteiger partial charge in [0.05, 0.1) is 17.4 Å². The molecule has 3 aliphatic rings. The third-order valence-electron chi connectivity index (χ3n) is 10.6. The molecule has 15 heteroatoms. The van der Waals surface area contributed by atoms with Gasteiger partial charge in [-0.3, -0.25) is 19.2 Å². The van der Waals surface area contributed by atoms with Gasteiger partial charge in [0, 0.05) is 37.0 Å². The number of urea groups is 1. The molecule has 0 unspecified atom stereocenters. The van der Waals surface area contributed by atoms with E-state index < -0.39 is 47.3 Å². The molecule has 0 fully saturated rings. The Morgan fingerprint density at radius 1 is 0.831 bits per heavy atom. The lowest BCUT2D eigenvalue weighted by Gasteiger charge is -2.33. The number of hydrogen-bond donors (Lipinski definition) is 2. The molecule has 4 heterocycles. The van der Waals surface area contributed by atoms with Gasteiger partial charge < -0.3 is 33.8 Å². The Balaban J connectivity index is 0.000000194. The van der Waals surface area contributed by atoms with Gasteiger partial charge in [0.1, 0.15) is 30.9 Å². The summed E-state index contributed by atoms with van der Waals surface area (Å²) in [4.78, 5) is 76.1. The van der Waals surface area contributed by atoms with Crippen LogP contribution in [0.1, 0.15) is 45.9 Å². The van der Waals surface area contributed by atoms with Crippen LogP contribution in [0.2, 0.25) is 0 Å². The number of aromatic nitrogens is 2. The zero-order valence-electron chi connectivity index (χ0n) is 35.6. The minimum atomic E-state index is -1.12. The molecule has 8 rings (SSSR count). The third kappa shape index (κ3) is 11.0. The van der Waals surface area contributed by atoms with Crippen molar-refractivity contribution in [3.05, 3.63) is 202 Å². The summed E-state index contributed by atoms with van der Waals surface area (Å²) in [7, 11) is 0. The normalized spacial score (nSPS) is 19.6. The van der Waals surface area contributed by atoms with Crippen molar-refractivity contribution in [3.63, 3.8) is 0 Å². The van der Waals surface area contributed by atoms with Crippen LogP contribution in [0.5, 0.6) is 0 Å². The Morgan fingerprint density at radius 3 is 2.00 bits per heavy atom. The van der Waals surface area contributed by atoms with E-state index in [1.165, 1.54) is 21.9 Å². The number of aryl methyl sites for hydroxylation is 1. The van der Waals surface area contributed by atoms with Crippen molar-refractivity contribution < 1.29 is 42.9 Å². The molecule has 4 atom stereocenters. The predicted octanol–water partition coefficient (Wildman–Crippen LogP) is 6.99. The molecule has 0 radical (unpaired) electrons. The van der Waals surface area contributed by atoms with Gasteiger partial charge in [0.25, 0.3) is 5.56 Å². The number of rotatable bonds is 14. The molecule has 2 amide bonds. The third-order valence-corrected chi connectivity index (χ3v) is 10.6. The predicted molar refractivity (Wildman–Crippen MR) is 240 cm³/mol. The van der Waals surface area contributed by atoms with Gasteiger partial charge in [-0.25, -0.2) is 19.2 Å². The number of nitrogens with one attached hydrogen (secondary N) is 2. The highest BCUT2D eigenvalue weighted by atomic mass is 16.6. The molecular weight excluding hydrogens is 833 g/mol. The first-order valence-corrected chi connectivity index (χ1v) is 20.6. The molecule has 0 saturated heterocycles. The second-order valence-corrected chi connectivity index (χ2v) is 15.3. The number of esters is 2. The van der Waals surface area contributed by atoms with Crippen LogP contribution >= 0.6 is 0 Å². The molecule has 15 nitrogen and oxygen atoms in total. The van der Waals surface area contributed by atoms with Crippen LogP contribution in [-0.4, -0.2) is 76.4 Å². The molecule has 332 valence electrons. The highest BCUT2D eigenvalue weighted by Crippen LogP contribution is 2.31. The highest BCUT2D eigenvalue weighted by molar-refractivity contribution is 5.91. The Labute approximate surface area is 373 Å². The lowest BCUT2D eigenvalue weighted by atomic mass is 10.0. The standard InChI is InChI=1S/C25H22N2O6.C25H24N2O5/c1-3-31-21-13-20(33-23(21)27-14-16(2)22(28)26-25(27)30)15-32-24(29)19-11-9-18(10-12-19)17-7-5-4-6-8-17;1-18-15-26-24(30)27(16-18)22-11-12-25(32-22,13-14-28)17-31-23(29)21-9-7-20(8-10-21)19-5-3-2-4-6-19/h3-14,21,23H,1,15H2,2H3,(H,26,28,30);2-12,14,16,22H,13,15,17H2,1H3,(H,26,30)/t21-,23-;22-,25-/m11/s1. The number of carbonyl (C=O) groups excluding carboxylic acids is 4. The number of benzene rings is 4. The van der Waals surface area contributed by atoms with Crippen LogP contribution in [0.4, 0.5) is 4.79 Å². The van der Waals surface area contributed by atoms with E-state index in [1.807, 2.05) is 91.9 Å². The van der Waals surface area contributed by atoms with Crippen molar-refractivity contribution in [3.8, 4) is 22.3 Å². The van der Waals surface area contributed by atoms with Crippen LogP contribution in [-0.2, 0) is 28.5 Å². The van der Waals surface area contributed by atoms with Crippen LogP contribution < -0.4 is 16.6 Å². The maximum absolute atomic E-state index is 12.6. The van der Waals surface area contributed by atoms with E-state index in [0.29, 0.717) is 35.3 Å². The van der Waals surface area contributed by atoms with Gasteiger partial charge in [-0.1, -0.05) is 91.5 Å². The number of hydrogen-bond acceptors (Lipinski definition) is 11. The van der Waals surface area contributed by atoms with Crippen molar-refractivity contribution in [2.45, 2.75) is 44.4 Å². The summed E-state index contributed by atoms with van der Waals surface area (Å²) in [5.74, 6) is -0.709. The fourth-order valence-corrected chi connectivity index (χ4v) is 7.13. The lowest BCUT2D eigenvalue weighted by Crippen LogP contribution is -2.48. The molecule has 0 aliphatic carbocycles. The molecule has 3 aliphatic heterocycles. The molecule has 0 spiro atoms. The summed E-state index contributed by atoms with van der Waals surface area (Å²) >= 11 is 0. The van der Waals surface area contributed by atoms with Crippen molar-refractivity contribution in [1.82, 2.24) is 19.8 Å². The van der Waals surface area contributed by atoms with Gasteiger partial charge >= 0.3 is 23.7 Å². The first-order chi connectivity index (χ1) is 31.5. The number of aldehydes is 1. The molecule has 5 aromatic rings. The van der Waals surface area contributed by atoms with Gasteiger partial charge in [0.15, 0.2) is 12.3 Å². The number of H-pyrrole nitrogens is 1. The molecule has 4 aromatic carbocycles. The second-order valence-electron chi connectivity index (χ2n) is 15.3. The summed E-state index contributed by atoms with van der Waals surface area (Å²) in [6, 6.07) is 33.6. The average molecular weight is 879 g/mol. The number of nitrogens with zero attached hydrogens (tertiary/aromatic N) is 2. The van der Waals surface area contributed by atoms with Crippen molar-refractivity contribution in [2.75, 3.05) is 19.8 Å². The van der Waals surface area contributed by atoms with Crippen LogP contribution in [0.15, 0.2) is 174 Å². The van der Waals surface area contributed by atoms with Gasteiger partial charge in [-0.05, 0) is 78.1 Å². The largest absolute Gasteiger partial charge is 0.488 e. The summed E-state index contributed by atoms with van der Waals surface area (Å²) in [5.41, 5.74) is 3.97. The summed E-state index contributed by atoms with van der Waals surface area (Å²) < 4.78 is 29.3. The molecule has 2 N–H and O–H groups in total. The molecule has 1 aromatic heterocycles. The van der Waals surface area contributed by atoms with Crippen molar-refractivity contribution in [2.24, 2.45) is 0 Å². The Bertz CT molecular complexity index is 2740. The first kappa shape index (κ1) is 45.0. The fourth-order valence-electron chi connectivity index (χ4n) is 7.13. The van der Waals surface area contributed by atoms with E-state index in [4.69, 9.17) is 23.7 Å². The number of amides is 2. The number of carbonyl (C=O) groups is 4. The SMILES string of the molecule is C=CO[C@@H]1C=C(COC(=O)c2ccc(-c3ccccc3)cc2)O[C@H]1n1cc(C)c(=O)[nH]c1=O.CC1=CN([C@H]2C=C[C@@](CC=O)(COC(=O)c3ccc(-c4ccccc4)cc3)O2)C(=O)NC1. The van der Waals surface area contributed by atoms with E-state index in [9.17, 15) is 28.8 Å². The van der Waals surface area contributed by atoms with E-state index in [0.717, 1.165) is 27.8 Å². The topological polar surface area (TPSA) is 185 Å². The maximum atomic E-state index is 12.6. The summed E-state index contributed by atoms with van der Waals surface area (Å²) in [5, 5.41) is 2.76. The number of aromatic amines is 1. The van der Waals surface area contributed by atoms with Crippen molar-refractivity contribution >= 4 is 24.3 Å². The highest BCUT2D eigenvalue weighted by Gasteiger charge is 2.41. The Morgan fingerprint density at radius 2 is 1.42 bits per heavy atom. The number of ether oxygens (including phenoxy) is 5. The zero-order valence-corrected chi connectivity index (χ0v) is 35.6. The molecule has 0 bridgehead atoms. The fraction of sp³-hybridized carbons (Fsp3) is 0.200. The van der Waals surface area contributed by atoms with Gasteiger partial charge in [-0.2, -0.15) is 0 Å². The van der Waals surface area contributed by atoms with E-state index >= 15 is 0 Å². The maximum Gasteiger partial charge on any atom is 0.338 e. The van der Waals surface area contributed by atoms with Gasteiger partial charge in [-0.15, -0.1) is 0 Å². The summed E-state index contributed by atoms with van der Waals surface area (Å²) in [6.45, 7) is 7.20. The monoisotopic (exact) mass is 878 g/mol. The molecule has 0 saturated carbocycles. The molecular formula is C50H46N4O11. The Kier molecular flexibility index (Phi) is 14.1. The average Bonchev–Trinajstić information content (AvgIpc) is 3.94. The minimum Gasteiger partial charge on any atom is -0.488 e. The first-order valence-electron chi connectivity index (χ1n) is 20.6. The van der Waals surface area contributed by atoms with E-state index in [-0.39, 0.29) is 25.7 Å².